The molecule has 0 aliphatic heterocycles. The fourth-order valence-corrected chi connectivity index (χ4v) is 13.8. The van der Waals surface area contributed by atoms with Crippen molar-refractivity contribution in [3.63, 3.8) is 0 Å². The van der Waals surface area contributed by atoms with Crippen LogP contribution in [0, 0.1) is 0 Å². The fraction of sp³-hybridized carbons (Fsp3) is 0. The topological polar surface area (TPSA) is 32.9 Å². The maximum Gasteiger partial charge on any atom is 0.135 e. The molecule has 0 unspecified atom stereocenters. The number of rotatable bonds is 7. The molecule has 0 aliphatic carbocycles. The van der Waals surface area contributed by atoms with Crippen LogP contribution in [-0.4, -0.2) is 18.3 Å². The van der Waals surface area contributed by atoms with E-state index in [1.54, 1.807) is 0 Å². The number of aromatic nitrogens is 4. The molecular weight excluding hydrogens is 1010 g/mol. The average molecular weight is 1060 g/mol. The third kappa shape index (κ3) is 6.89. The summed E-state index contributed by atoms with van der Waals surface area (Å²) in [6.45, 7) is 0. The Labute approximate surface area is 476 Å². The molecule has 0 saturated carbocycles. The van der Waals surface area contributed by atoms with Gasteiger partial charge in [-0.1, -0.05) is 152 Å². The lowest BCUT2D eigenvalue weighted by atomic mass is 10.0. The number of nitrogens with zero attached hydrogens (tertiary/aromatic N) is 4. The minimum absolute atomic E-state index is 0.869. The van der Waals surface area contributed by atoms with Crippen LogP contribution in [0.3, 0.4) is 0 Å². The number of hydrogen-bond acceptors (Lipinski definition) is 1. The van der Waals surface area contributed by atoms with Crippen LogP contribution in [0.4, 0.5) is 0 Å². The molecule has 0 bridgehead atoms. The van der Waals surface area contributed by atoms with Crippen LogP contribution >= 0.6 is 0 Å². The summed E-state index contributed by atoms with van der Waals surface area (Å²) < 4.78 is 16.1. The van der Waals surface area contributed by atoms with Crippen LogP contribution in [0.5, 0.6) is 0 Å². The Morgan fingerprint density at radius 3 is 0.843 bits per heavy atom. The summed E-state index contributed by atoms with van der Waals surface area (Å²) in [5, 5.41) is 12.1. The first-order valence-corrected chi connectivity index (χ1v) is 28.5. The summed E-state index contributed by atoms with van der Waals surface area (Å²) in [6, 6.07) is 106. The summed E-state index contributed by atoms with van der Waals surface area (Å²) in [7, 11) is 0. The number of fused-ring (bicyclic) bond motifs is 15. The van der Waals surface area contributed by atoms with Crippen molar-refractivity contribution in [1.29, 1.82) is 0 Å². The summed E-state index contributed by atoms with van der Waals surface area (Å²) in [5.74, 6) is 0. The molecule has 0 aliphatic rings. The smallest absolute Gasteiger partial charge is 0.135 e. The van der Waals surface area contributed by atoms with Crippen LogP contribution in [0.2, 0.25) is 0 Å². The predicted octanol–water partition coefficient (Wildman–Crippen LogP) is 21.0. The highest BCUT2D eigenvalue weighted by Crippen LogP contribution is 2.43. The van der Waals surface area contributed by atoms with Crippen LogP contribution in [0.15, 0.2) is 296 Å². The van der Waals surface area contributed by atoms with Gasteiger partial charge in [0.15, 0.2) is 0 Å². The third-order valence-corrected chi connectivity index (χ3v) is 17.6. The van der Waals surface area contributed by atoms with Gasteiger partial charge in [-0.25, -0.2) is 0 Å². The van der Waals surface area contributed by atoms with E-state index in [4.69, 9.17) is 4.42 Å². The molecule has 13 aromatic carbocycles. The van der Waals surface area contributed by atoms with Gasteiger partial charge in [0.2, 0.25) is 0 Å². The highest BCUT2D eigenvalue weighted by molar-refractivity contribution is 6.15. The number of hydrogen-bond donors (Lipinski definition) is 0. The van der Waals surface area contributed by atoms with Crippen LogP contribution in [0.25, 0.3) is 165 Å². The van der Waals surface area contributed by atoms with Gasteiger partial charge in [0, 0.05) is 76.6 Å². The van der Waals surface area contributed by atoms with Gasteiger partial charge in [-0.2, -0.15) is 0 Å². The maximum absolute atomic E-state index is 6.56. The second-order valence-corrected chi connectivity index (χ2v) is 22.0. The second-order valence-electron chi connectivity index (χ2n) is 22.0. The van der Waals surface area contributed by atoms with E-state index in [2.05, 4.69) is 309 Å². The maximum atomic E-state index is 6.56. The molecule has 5 heteroatoms. The summed E-state index contributed by atoms with van der Waals surface area (Å²) in [4.78, 5) is 0. The summed E-state index contributed by atoms with van der Waals surface area (Å²) in [6.07, 6.45) is 0. The van der Waals surface area contributed by atoms with Gasteiger partial charge >= 0.3 is 0 Å². The van der Waals surface area contributed by atoms with Gasteiger partial charge in [-0.3, -0.25) is 0 Å². The first-order valence-electron chi connectivity index (χ1n) is 28.5. The zero-order valence-electron chi connectivity index (χ0n) is 44.9. The molecule has 0 spiro atoms. The van der Waals surface area contributed by atoms with E-state index in [1.807, 2.05) is 0 Å². The van der Waals surface area contributed by atoms with Crippen molar-refractivity contribution in [2.24, 2.45) is 0 Å². The number of benzene rings is 13. The number of para-hydroxylation sites is 6. The van der Waals surface area contributed by atoms with Crippen molar-refractivity contribution in [3.8, 4) is 56.1 Å². The van der Waals surface area contributed by atoms with Crippen molar-refractivity contribution < 1.29 is 4.42 Å². The molecule has 0 fully saturated rings. The molecule has 5 nitrogen and oxygen atoms in total. The van der Waals surface area contributed by atoms with Crippen LogP contribution in [-0.2, 0) is 0 Å². The summed E-state index contributed by atoms with van der Waals surface area (Å²) >= 11 is 0. The van der Waals surface area contributed by atoms with Crippen LogP contribution < -0.4 is 0 Å². The average Bonchev–Trinajstić information content (AvgIpc) is 3.23. The van der Waals surface area contributed by atoms with E-state index in [0.29, 0.717) is 0 Å². The molecule has 18 rings (SSSR count). The largest absolute Gasteiger partial charge is 0.456 e. The van der Waals surface area contributed by atoms with E-state index < -0.39 is 0 Å². The monoisotopic (exact) mass is 1060 g/mol. The van der Waals surface area contributed by atoms with Crippen molar-refractivity contribution in [2.45, 2.75) is 0 Å². The third-order valence-electron chi connectivity index (χ3n) is 17.6. The normalized spacial score (nSPS) is 12.1. The van der Waals surface area contributed by atoms with E-state index in [-0.39, 0.29) is 0 Å². The van der Waals surface area contributed by atoms with Crippen molar-refractivity contribution in [2.75, 3.05) is 0 Å². The first-order chi connectivity index (χ1) is 41.1. The van der Waals surface area contributed by atoms with Gasteiger partial charge in [0.25, 0.3) is 0 Å². The van der Waals surface area contributed by atoms with Gasteiger partial charge < -0.3 is 22.7 Å². The Morgan fingerprint density at radius 2 is 0.434 bits per heavy atom. The van der Waals surface area contributed by atoms with E-state index >= 15 is 0 Å². The minimum Gasteiger partial charge on any atom is -0.456 e. The van der Waals surface area contributed by atoms with Crippen molar-refractivity contribution in [1.82, 2.24) is 18.3 Å². The van der Waals surface area contributed by atoms with E-state index in [1.165, 1.54) is 104 Å². The Balaban J connectivity index is 0.690. The quantitative estimate of drug-likeness (QED) is 0.157. The molecule has 386 valence electrons. The van der Waals surface area contributed by atoms with E-state index in [0.717, 1.165) is 61.3 Å². The highest BCUT2D eigenvalue weighted by Gasteiger charge is 2.20. The van der Waals surface area contributed by atoms with E-state index in [9.17, 15) is 0 Å². The van der Waals surface area contributed by atoms with Crippen LogP contribution in [0.1, 0.15) is 0 Å². The van der Waals surface area contributed by atoms with Gasteiger partial charge in [-0.15, -0.1) is 0 Å². The molecule has 0 amide bonds. The summed E-state index contributed by atoms with van der Waals surface area (Å²) in [5.41, 5.74) is 22.9. The molecule has 0 N–H and O–H groups in total. The molecular formula is C78H48N4O. The predicted molar refractivity (Wildman–Crippen MR) is 347 cm³/mol. The lowest BCUT2D eigenvalue weighted by Crippen LogP contribution is -1.94. The lowest BCUT2D eigenvalue weighted by molar-refractivity contribution is 0.669. The molecule has 0 radical (unpaired) electrons. The first kappa shape index (κ1) is 45.7. The molecule has 0 saturated heterocycles. The standard InChI is InChI=1S/C78H48N4O/c1-3-15-55(16-4-1)79-69-23-11-7-19-59(69)63-43-51(29-37-73(63)79)53-31-39-75-65(45-53)61-21-9-13-25-71(61)81(75)57-34-27-49(28-35-57)50-33-41-77-67(47-50)68-48-58(36-42-78(68)83-77)82-72-26-14-10-22-62(72)66-46-54(32-40-76(66)82)52-30-38-74-64(44-52)60-20-8-12-24-70(60)80(74)56-17-5-2-6-18-56/h1-48H. The molecule has 0 atom stereocenters. The Hall–Kier alpha value is -11.1. The Bertz CT molecular complexity index is 5670. The minimum atomic E-state index is 0.869. The zero-order valence-corrected chi connectivity index (χ0v) is 44.9. The van der Waals surface area contributed by atoms with Gasteiger partial charge in [0.1, 0.15) is 11.2 Å². The molecule has 83 heavy (non-hydrogen) atoms. The SMILES string of the molecule is c1ccc(-n2c3ccccc3c3cc(-c4ccc5c(c4)c4ccccc4n5-c4ccc(-c5ccc6oc7ccc(-n8c9ccccc9c9cc(-c%10ccc%11c(c%10)c%10ccccc%10n%11-c%10ccccc%10)ccc98)cc7c6c5)cc4)ccc32)cc1. The second kappa shape index (κ2) is 17.7. The number of furan rings is 1. The Morgan fingerprint density at radius 1 is 0.169 bits per heavy atom. The zero-order chi connectivity index (χ0) is 54.3. The molecule has 5 aromatic heterocycles. The lowest BCUT2D eigenvalue weighted by Gasteiger charge is -2.10. The fourth-order valence-electron chi connectivity index (χ4n) is 13.8. The van der Waals surface area contributed by atoms with Crippen molar-refractivity contribution in [3.05, 3.63) is 291 Å². The Kier molecular flexibility index (Phi) is 9.73. The molecule has 18 aromatic rings. The molecule has 5 heterocycles. The van der Waals surface area contributed by atoms with Gasteiger partial charge in [0.05, 0.1) is 44.1 Å². The highest BCUT2D eigenvalue weighted by atomic mass is 16.3. The van der Waals surface area contributed by atoms with Gasteiger partial charge in [-0.05, 0) is 173 Å². The van der Waals surface area contributed by atoms with Crippen molar-refractivity contribution >= 4 is 109 Å².